The van der Waals surface area contributed by atoms with Crippen LogP contribution < -0.4 is 0 Å². The lowest BCUT2D eigenvalue weighted by Gasteiger charge is -2.51. The summed E-state index contributed by atoms with van der Waals surface area (Å²) < 4.78 is 24.1. The van der Waals surface area contributed by atoms with Crippen LogP contribution in [0.25, 0.3) is 0 Å². The van der Waals surface area contributed by atoms with Gasteiger partial charge in [-0.15, -0.1) is 0 Å². The number of cyclic esters (lactones) is 1. The van der Waals surface area contributed by atoms with Crippen molar-refractivity contribution in [1.29, 1.82) is 0 Å². The number of Topliss-reactive ketones (excluding diaryl/α,β-unsaturated/α-hetero) is 1. The molecule has 7 aliphatic rings. The zero-order valence-electron chi connectivity index (χ0n) is 15.2. The zero-order chi connectivity index (χ0) is 17.9. The number of hydrogen-bond donors (Lipinski definition) is 0. The van der Waals surface area contributed by atoms with Crippen LogP contribution in [-0.2, 0) is 28.5 Å². The van der Waals surface area contributed by atoms with Gasteiger partial charge in [0.05, 0.1) is 6.10 Å². The summed E-state index contributed by atoms with van der Waals surface area (Å²) in [6, 6.07) is 0. The van der Waals surface area contributed by atoms with E-state index in [9.17, 15) is 9.59 Å². The lowest BCUT2D eigenvalue weighted by molar-refractivity contribution is -0.139. The molecule has 3 aliphatic carbocycles. The molecule has 6 nitrogen and oxygen atoms in total. The van der Waals surface area contributed by atoms with Gasteiger partial charge in [-0.05, 0) is 36.7 Å². The summed E-state index contributed by atoms with van der Waals surface area (Å²) in [7, 11) is 0. The van der Waals surface area contributed by atoms with Crippen molar-refractivity contribution in [2.75, 3.05) is 6.61 Å². The van der Waals surface area contributed by atoms with E-state index in [2.05, 4.69) is 6.92 Å². The van der Waals surface area contributed by atoms with Gasteiger partial charge in [-0.3, -0.25) is 4.79 Å². The van der Waals surface area contributed by atoms with Gasteiger partial charge in [-0.2, -0.15) is 0 Å². The molecule has 0 aromatic rings. The molecule has 8 atom stereocenters. The first-order valence-electron chi connectivity index (χ1n) is 9.82. The Labute approximate surface area is 151 Å². The average Bonchev–Trinajstić information content (AvgIpc) is 3.47. The van der Waals surface area contributed by atoms with Gasteiger partial charge in [0.15, 0.2) is 11.2 Å². The number of carbonyl (C=O) groups excluding carboxylic acids is 2. The van der Waals surface area contributed by atoms with Crippen LogP contribution in [0.3, 0.4) is 0 Å². The van der Waals surface area contributed by atoms with Gasteiger partial charge in [-0.25, -0.2) is 4.79 Å². The SMILES string of the molecule is CC(C)[C@]12O[C@H]1[C@@H]1O[C@]13[C@@]1(C)CCC4=C(COC4=O)[C@@H]1C[C@@H]1O[C@@]13C2=O. The molecular formula is C20H22O6. The molecule has 0 N–H and O–H groups in total. The lowest BCUT2D eigenvalue weighted by atomic mass is 9.47. The predicted molar refractivity (Wildman–Crippen MR) is 86.1 cm³/mol. The van der Waals surface area contributed by atoms with Crippen LogP contribution in [0.4, 0.5) is 0 Å². The molecule has 138 valence electrons. The van der Waals surface area contributed by atoms with Crippen molar-refractivity contribution in [3.8, 4) is 0 Å². The average molecular weight is 358 g/mol. The molecule has 0 unspecified atom stereocenters. The predicted octanol–water partition coefficient (Wildman–Crippen LogP) is 1.31. The summed E-state index contributed by atoms with van der Waals surface area (Å²) >= 11 is 0. The molecule has 0 radical (unpaired) electrons. The maximum Gasteiger partial charge on any atom is 0.334 e. The fourth-order valence-corrected chi connectivity index (χ4v) is 7.41. The molecule has 0 bridgehead atoms. The van der Waals surface area contributed by atoms with Crippen LogP contribution in [0, 0.1) is 17.3 Å². The van der Waals surface area contributed by atoms with E-state index in [0.29, 0.717) is 13.0 Å². The maximum absolute atomic E-state index is 13.6. The van der Waals surface area contributed by atoms with Crippen LogP contribution in [0.15, 0.2) is 11.1 Å². The third-order valence-corrected chi connectivity index (χ3v) is 8.82. The van der Waals surface area contributed by atoms with E-state index in [0.717, 1.165) is 24.0 Å². The number of rotatable bonds is 1. The Morgan fingerprint density at radius 1 is 1.12 bits per heavy atom. The smallest absolute Gasteiger partial charge is 0.334 e. The first-order valence-corrected chi connectivity index (χ1v) is 9.82. The summed E-state index contributed by atoms with van der Waals surface area (Å²) in [6.45, 7) is 6.72. The molecule has 26 heavy (non-hydrogen) atoms. The van der Waals surface area contributed by atoms with E-state index in [1.807, 2.05) is 13.8 Å². The normalized spacial score (nSPS) is 60.3. The van der Waals surface area contributed by atoms with Crippen molar-refractivity contribution in [2.24, 2.45) is 17.3 Å². The van der Waals surface area contributed by atoms with E-state index in [4.69, 9.17) is 18.9 Å². The number of ketones is 1. The molecular weight excluding hydrogens is 336 g/mol. The lowest BCUT2D eigenvalue weighted by Crippen LogP contribution is -2.67. The van der Waals surface area contributed by atoms with Crippen molar-refractivity contribution in [1.82, 2.24) is 0 Å². The van der Waals surface area contributed by atoms with E-state index in [-0.39, 0.29) is 47.3 Å². The number of epoxide rings is 3. The van der Waals surface area contributed by atoms with Gasteiger partial charge in [0.1, 0.15) is 24.4 Å². The quantitative estimate of drug-likeness (QED) is 0.519. The minimum absolute atomic E-state index is 0.0689. The van der Waals surface area contributed by atoms with Gasteiger partial charge in [0, 0.05) is 11.0 Å². The highest BCUT2D eigenvalue weighted by molar-refractivity contribution is 6.05. The molecule has 4 heterocycles. The number of ether oxygens (including phenoxy) is 4. The summed E-state index contributed by atoms with van der Waals surface area (Å²) in [5, 5.41) is 0. The Balaban J connectivity index is 1.40. The zero-order valence-corrected chi connectivity index (χ0v) is 15.2. The summed E-state index contributed by atoms with van der Waals surface area (Å²) in [6.07, 6.45) is 1.97. The van der Waals surface area contributed by atoms with Crippen molar-refractivity contribution < 1.29 is 28.5 Å². The highest BCUT2D eigenvalue weighted by Gasteiger charge is 3.00. The summed E-state index contributed by atoms with van der Waals surface area (Å²) in [5.74, 6) is 0.252. The molecule has 2 spiro atoms. The van der Waals surface area contributed by atoms with Crippen molar-refractivity contribution in [2.45, 2.75) is 75.1 Å². The van der Waals surface area contributed by atoms with Crippen LogP contribution in [0.5, 0.6) is 0 Å². The third-order valence-electron chi connectivity index (χ3n) is 8.82. The highest BCUT2D eigenvalue weighted by atomic mass is 16.7. The summed E-state index contributed by atoms with van der Waals surface area (Å²) in [4.78, 5) is 25.7. The minimum Gasteiger partial charge on any atom is -0.458 e. The molecule has 6 heteroatoms. The fraction of sp³-hybridized carbons (Fsp3) is 0.800. The standard InChI is InChI=1S/C20H22O6/c1-8(2)18-13(25-18)14-20(26-14)17(3)5-4-9-10(7-23-15(9)21)11(17)6-12-19(20,24-12)16(18)22/h8,11-14H,4-7H2,1-3H3/t11-,12-,13-,14-,17-,18-,19+,20-/m0/s1. The number of fused-ring (bicyclic) bond motifs is 4. The third kappa shape index (κ3) is 1.10. The Bertz CT molecular complexity index is 860. The first-order chi connectivity index (χ1) is 12.3. The van der Waals surface area contributed by atoms with E-state index in [1.54, 1.807) is 0 Å². The monoisotopic (exact) mass is 358 g/mol. The number of carbonyl (C=O) groups is 2. The topological polar surface area (TPSA) is 81.0 Å². The van der Waals surface area contributed by atoms with Gasteiger partial charge in [0.25, 0.3) is 0 Å². The van der Waals surface area contributed by atoms with Gasteiger partial charge < -0.3 is 18.9 Å². The van der Waals surface area contributed by atoms with E-state index < -0.39 is 16.8 Å². The summed E-state index contributed by atoms with van der Waals surface area (Å²) in [5.41, 5.74) is -0.371. The van der Waals surface area contributed by atoms with Gasteiger partial charge >= 0.3 is 5.97 Å². The maximum atomic E-state index is 13.6. The highest BCUT2D eigenvalue weighted by Crippen LogP contribution is 2.81. The van der Waals surface area contributed by atoms with Crippen molar-refractivity contribution in [3.05, 3.63) is 11.1 Å². The van der Waals surface area contributed by atoms with Crippen molar-refractivity contribution >= 4 is 11.8 Å². The largest absolute Gasteiger partial charge is 0.458 e. The Morgan fingerprint density at radius 3 is 2.69 bits per heavy atom. The van der Waals surface area contributed by atoms with Crippen LogP contribution in [0.2, 0.25) is 0 Å². The van der Waals surface area contributed by atoms with Crippen LogP contribution in [-0.4, -0.2) is 53.5 Å². The molecule has 3 saturated heterocycles. The van der Waals surface area contributed by atoms with Crippen LogP contribution in [0.1, 0.15) is 40.0 Å². The molecule has 4 aliphatic heterocycles. The first kappa shape index (κ1) is 14.8. The molecule has 2 saturated carbocycles. The second-order valence-corrected chi connectivity index (χ2v) is 9.72. The fourth-order valence-electron chi connectivity index (χ4n) is 7.41. The Hall–Kier alpha value is -1.24. The molecule has 5 fully saturated rings. The molecule has 0 amide bonds. The molecule has 0 aromatic heterocycles. The van der Waals surface area contributed by atoms with Gasteiger partial charge in [0.2, 0.25) is 5.78 Å². The number of hydrogen-bond acceptors (Lipinski definition) is 6. The van der Waals surface area contributed by atoms with E-state index >= 15 is 0 Å². The molecule has 0 aromatic carbocycles. The van der Waals surface area contributed by atoms with Crippen molar-refractivity contribution in [3.63, 3.8) is 0 Å². The Morgan fingerprint density at radius 2 is 1.92 bits per heavy atom. The molecule has 7 rings (SSSR count). The van der Waals surface area contributed by atoms with E-state index in [1.165, 1.54) is 0 Å². The minimum atomic E-state index is -0.832. The number of esters is 1. The Kier molecular flexibility index (Phi) is 2.10. The second kappa shape index (κ2) is 3.69. The van der Waals surface area contributed by atoms with Gasteiger partial charge in [-0.1, -0.05) is 20.8 Å². The second-order valence-electron chi connectivity index (χ2n) is 9.72. The van der Waals surface area contributed by atoms with Crippen LogP contribution >= 0.6 is 0 Å².